The third-order valence-electron chi connectivity index (χ3n) is 6.94. The molecule has 0 unspecified atom stereocenters. The Kier molecular flexibility index (Phi) is 7.52. The first-order chi connectivity index (χ1) is 15.8. The number of nitrogens with zero attached hydrogens (tertiary/aromatic N) is 3. The predicted molar refractivity (Wildman–Crippen MR) is 128 cm³/mol. The van der Waals surface area contributed by atoms with Gasteiger partial charge in [-0.3, -0.25) is 4.79 Å². The first-order valence-electron chi connectivity index (χ1n) is 12.6. The van der Waals surface area contributed by atoms with Crippen LogP contribution in [0.15, 0.2) is 30.3 Å². The molecule has 0 amide bonds. The highest BCUT2D eigenvalue weighted by Crippen LogP contribution is 2.51. The van der Waals surface area contributed by atoms with Gasteiger partial charge in [-0.1, -0.05) is 56.3 Å². The molecule has 0 bridgehead atoms. The maximum Gasteiger partial charge on any atom is 0.305 e. The summed E-state index contributed by atoms with van der Waals surface area (Å²) in [5.41, 5.74) is 3.90. The van der Waals surface area contributed by atoms with Gasteiger partial charge in [-0.05, 0) is 61.8 Å². The molecule has 2 aromatic rings. The van der Waals surface area contributed by atoms with E-state index >= 15 is 0 Å². The molecular weight excluding hydrogens is 414 g/mol. The Morgan fingerprint density at radius 2 is 1.91 bits per heavy atom. The summed E-state index contributed by atoms with van der Waals surface area (Å²) in [5, 5.41) is 18.7. The van der Waals surface area contributed by atoms with Crippen LogP contribution in [0.3, 0.4) is 0 Å². The Morgan fingerprint density at radius 3 is 2.55 bits per heavy atom. The van der Waals surface area contributed by atoms with Crippen molar-refractivity contribution in [2.45, 2.75) is 96.6 Å². The molecule has 6 nitrogen and oxygen atoms in total. The number of carboxylic acid groups (broad SMARTS) is 1. The molecule has 33 heavy (non-hydrogen) atoms. The largest absolute Gasteiger partial charge is 0.481 e. The van der Waals surface area contributed by atoms with Crippen LogP contribution in [0.5, 0.6) is 0 Å². The molecule has 4 rings (SSSR count). The summed E-state index contributed by atoms with van der Waals surface area (Å²) in [6, 6.07) is 9.97. The average molecular weight is 454 g/mol. The fourth-order valence-electron chi connectivity index (χ4n) is 5.32. The van der Waals surface area contributed by atoms with Gasteiger partial charge >= 0.3 is 5.97 Å². The molecule has 1 atom stereocenters. The van der Waals surface area contributed by atoms with Crippen LogP contribution in [0.1, 0.15) is 107 Å². The highest BCUT2D eigenvalue weighted by molar-refractivity contribution is 5.67. The van der Waals surface area contributed by atoms with E-state index in [1.807, 2.05) is 22.9 Å². The maximum atomic E-state index is 11.6. The van der Waals surface area contributed by atoms with Crippen LogP contribution in [0.25, 0.3) is 0 Å². The summed E-state index contributed by atoms with van der Waals surface area (Å²) in [4.78, 5) is 11.6. The number of ether oxygens (including phenoxy) is 1. The topological polar surface area (TPSA) is 77.2 Å². The van der Waals surface area contributed by atoms with Gasteiger partial charge in [-0.25, -0.2) is 4.68 Å². The summed E-state index contributed by atoms with van der Waals surface area (Å²) in [5.74, 6) is 0.977. The number of aromatic nitrogens is 3. The zero-order chi connectivity index (χ0) is 23.4. The van der Waals surface area contributed by atoms with E-state index in [1.54, 1.807) is 0 Å². The molecule has 2 fully saturated rings. The third-order valence-corrected chi connectivity index (χ3v) is 6.94. The molecule has 1 heterocycles. The second-order valence-electron chi connectivity index (χ2n) is 11.3. The van der Waals surface area contributed by atoms with E-state index < -0.39 is 5.97 Å². The fourth-order valence-corrected chi connectivity index (χ4v) is 5.32. The van der Waals surface area contributed by atoms with E-state index in [2.05, 4.69) is 43.2 Å². The minimum absolute atomic E-state index is 0.0819. The highest BCUT2D eigenvalue weighted by atomic mass is 16.5. The van der Waals surface area contributed by atoms with Crippen LogP contribution in [-0.4, -0.2) is 32.7 Å². The van der Waals surface area contributed by atoms with Crippen LogP contribution in [-0.2, 0) is 16.1 Å². The molecule has 180 valence electrons. The third kappa shape index (κ3) is 6.66. The fraction of sp³-hybridized carbons (Fsp3) is 0.667. The van der Waals surface area contributed by atoms with Gasteiger partial charge in [0.05, 0.1) is 30.5 Å². The number of benzene rings is 1. The number of carbonyl (C=O) groups is 1. The molecular formula is C27H39N3O3. The molecule has 0 radical (unpaired) electrons. The Morgan fingerprint density at radius 1 is 1.18 bits per heavy atom. The van der Waals surface area contributed by atoms with E-state index in [0.717, 1.165) is 30.0 Å². The Bertz CT molecular complexity index is 908. The van der Waals surface area contributed by atoms with Crippen LogP contribution in [0.2, 0.25) is 0 Å². The van der Waals surface area contributed by atoms with Crippen molar-refractivity contribution < 1.29 is 14.6 Å². The standard InChI is InChI=1S/C27H39N3O3/c1-27(2,3)17-20-14-22(15-20)25-26(21-11-12-21)30(29-28-25)23(16-24(31)32)10-7-13-33-18-19-8-5-4-6-9-19/h4-6,8-9,20-23H,7,10-18H2,1-3H3,(H,31,32)/t20?,22?,23-/m0/s1. The summed E-state index contributed by atoms with van der Waals surface area (Å²) in [6.45, 7) is 8.13. The molecule has 1 aromatic carbocycles. The van der Waals surface area contributed by atoms with Crippen molar-refractivity contribution in [3.8, 4) is 0 Å². The first-order valence-corrected chi connectivity index (χ1v) is 12.6. The second kappa shape index (κ2) is 10.4. The molecule has 2 aliphatic rings. The summed E-state index contributed by atoms with van der Waals surface area (Å²) >= 11 is 0. The van der Waals surface area contributed by atoms with E-state index in [9.17, 15) is 9.90 Å². The van der Waals surface area contributed by atoms with Gasteiger partial charge in [0.15, 0.2) is 0 Å². The SMILES string of the molecule is CC(C)(C)CC1CC(c2nnn([C@@H](CCCOCc3ccccc3)CC(=O)O)c2C2CC2)C1. The molecule has 6 heteroatoms. The van der Waals surface area contributed by atoms with E-state index in [0.29, 0.717) is 30.5 Å². The molecule has 2 saturated carbocycles. The lowest BCUT2D eigenvalue weighted by atomic mass is 9.67. The van der Waals surface area contributed by atoms with E-state index in [1.165, 1.54) is 37.8 Å². The van der Waals surface area contributed by atoms with Gasteiger partial charge in [0.1, 0.15) is 0 Å². The summed E-state index contributed by atoms with van der Waals surface area (Å²) in [6.07, 6.45) is 7.58. The van der Waals surface area contributed by atoms with Gasteiger partial charge in [0.2, 0.25) is 0 Å². The summed E-state index contributed by atoms with van der Waals surface area (Å²) in [7, 11) is 0. The number of carboxylic acids is 1. The van der Waals surface area contributed by atoms with Gasteiger partial charge < -0.3 is 9.84 Å². The average Bonchev–Trinajstić information content (AvgIpc) is 3.48. The van der Waals surface area contributed by atoms with E-state index in [-0.39, 0.29) is 12.5 Å². The van der Waals surface area contributed by atoms with Crippen LogP contribution in [0, 0.1) is 11.3 Å². The molecule has 2 aliphatic carbocycles. The van der Waals surface area contributed by atoms with Gasteiger partial charge in [0, 0.05) is 18.4 Å². The van der Waals surface area contributed by atoms with Crippen LogP contribution >= 0.6 is 0 Å². The Balaban J connectivity index is 1.37. The molecule has 0 spiro atoms. The molecule has 1 aromatic heterocycles. The minimum Gasteiger partial charge on any atom is -0.481 e. The quantitative estimate of drug-likeness (QED) is 0.393. The van der Waals surface area contributed by atoms with E-state index in [4.69, 9.17) is 4.74 Å². The zero-order valence-electron chi connectivity index (χ0n) is 20.4. The van der Waals surface area contributed by atoms with Crippen molar-refractivity contribution in [1.29, 1.82) is 0 Å². The highest BCUT2D eigenvalue weighted by Gasteiger charge is 2.41. The number of aliphatic carboxylic acids is 1. The normalized spacial score (nSPS) is 21.5. The van der Waals surface area contributed by atoms with Crippen molar-refractivity contribution in [2.24, 2.45) is 11.3 Å². The van der Waals surface area contributed by atoms with Crippen LogP contribution < -0.4 is 0 Å². The molecule has 0 saturated heterocycles. The Labute approximate surface area is 197 Å². The number of rotatable bonds is 12. The maximum absolute atomic E-state index is 11.6. The van der Waals surface area contributed by atoms with Crippen LogP contribution in [0.4, 0.5) is 0 Å². The van der Waals surface area contributed by atoms with Gasteiger partial charge in [-0.15, -0.1) is 5.10 Å². The number of hydrogen-bond donors (Lipinski definition) is 1. The first kappa shape index (κ1) is 23.9. The van der Waals surface area contributed by atoms with Gasteiger partial charge in [0.25, 0.3) is 0 Å². The smallest absolute Gasteiger partial charge is 0.305 e. The monoisotopic (exact) mass is 453 g/mol. The summed E-state index contributed by atoms with van der Waals surface area (Å²) < 4.78 is 7.81. The molecule has 0 aliphatic heterocycles. The lowest BCUT2D eigenvalue weighted by molar-refractivity contribution is -0.138. The Hall–Kier alpha value is -2.21. The van der Waals surface area contributed by atoms with Gasteiger partial charge in [-0.2, -0.15) is 0 Å². The van der Waals surface area contributed by atoms with Crippen molar-refractivity contribution in [3.63, 3.8) is 0 Å². The number of hydrogen-bond acceptors (Lipinski definition) is 4. The molecule has 1 N–H and O–H groups in total. The predicted octanol–water partition coefficient (Wildman–Crippen LogP) is 6.10. The zero-order valence-corrected chi connectivity index (χ0v) is 20.4. The van der Waals surface area contributed by atoms with Crippen molar-refractivity contribution in [1.82, 2.24) is 15.0 Å². The van der Waals surface area contributed by atoms with Crippen molar-refractivity contribution >= 4 is 5.97 Å². The lowest BCUT2D eigenvalue weighted by Gasteiger charge is -2.38. The second-order valence-corrected chi connectivity index (χ2v) is 11.3. The minimum atomic E-state index is -0.780. The lowest BCUT2D eigenvalue weighted by Crippen LogP contribution is -2.27. The van der Waals surface area contributed by atoms with Crippen molar-refractivity contribution in [2.75, 3.05) is 6.61 Å². The van der Waals surface area contributed by atoms with Crippen molar-refractivity contribution in [3.05, 3.63) is 47.3 Å².